The SMILES string of the molecule is c1ccc(-n2c3ccccc3c3ccc(-c4ccc5oc6c(ccc7c6c6ccc8c(c9ccccc9n8-c8ccccc8)c6n7-c6ccccc6)c5c4)cc32)cc1. The molecule has 0 radical (unpaired) electrons. The molecular weight excluding hydrogens is 707 g/mol. The van der Waals surface area contributed by atoms with Crippen LogP contribution in [0.5, 0.6) is 0 Å². The van der Waals surface area contributed by atoms with Gasteiger partial charge in [-0.05, 0) is 102 Å². The first-order valence-corrected chi connectivity index (χ1v) is 19.9. The summed E-state index contributed by atoms with van der Waals surface area (Å²) in [6, 6.07) is 72.3. The first-order chi connectivity index (χ1) is 28.8. The van der Waals surface area contributed by atoms with Crippen molar-refractivity contribution in [1.82, 2.24) is 13.7 Å². The number of aromatic nitrogens is 3. The lowest BCUT2D eigenvalue weighted by atomic mass is 10.0. The summed E-state index contributed by atoms with van der Waals surface area (Å²) < 4.78 is 14.2. The van der Waals surface area contributed by atoms with Gasteiger partial charge >= 0.3 is 0 Å². The van der Waals surface area contributed by atoms with Gasteiger partial charge in [0.1, 0.15) is 11.2 Å². The van der Waals surface area contributed by atoms with Crippen LogP contribution in [0.15, 0.2) is 205 Å². The molecule has 4 nitrogen and oxygen atoms in total. The number of furan rings is 1. The van der Waals surface area contributed by atoms with E-state index in [4.69, 9.17) is 4.42 Å². The summed E-state index contributed by atoms with van der Waals surface area (Å²) in [6.45, 7) is 0. The lowest BCUT2D eigenvalue weighted by Gasteiger charge is -2.10. The van der Waals surface area contributed by atoms with Gasteiger partial charge in [-0.3, -0.25) is 0 Å². The molecule has 0 spiro atoms. The summed E-state index contributed by atoms with van der Waals surface area (Å²) in [5.74, 6) is 0. The fourth-order valence-corrected chi connectivity index (χ4v) is 9.76. The van der Waals surface area contributed by atoms with E-state index in [1.54, 1.807) is 0 Å². The Hall–Kier alpha value is -7.82. The van der Waals surface area contributed by atoms with E-state index in [1.807, 2.05) is 0 Å². The summed E-state index contributed by atoms with van der Waals surface area (Å²) in [5.41, 5.74) is 14.6. The first kappa shape index (κ1) is 31.4. The minimum Gasteiger partial charge on any atom is -0.455 e. The van der Waals surface area contributed by atoms with Crippen LogP contribution >= 0.6 is 0 Å². The molecule has 58 heavy (non-hydrogen) atoms. The molecule has 0 aliphatic heterocycles. The fraction of sp³-hybridized carbons (Fsp3) is 0. The third-order valence-electron chi connectivity index (χ3n) is 12.2. The van der Waals surface area contributed by atoms with E-state index in [0.717, 1.165) is 55.5 Å². The molecule has 4 aromatic heterocycles. The van der Waals surface area contributed by atoms with Gasteiger partial charge < -0.3 is 18.1 Å². The number of nitrogens with zero attached hydrogens (tertiary/aromatic N) is 3. The molecule has 0 N–H and O–H groups in total. The highest BCUT2D eigenvalue weighted by molar-refractivity contribution is 6.31. The number of hydrogen-bond acceptors (Lipinski definition) is 1. The van der Waals surface area contributed by atoms with Gasteiger partial charge in [0.05, 0.1) is 38.5 Å². The monoisotopic (exact) mass is 739 g/mol. The average molecular weight is 740 g/mol. The van der Waals surface area contributed by atoms with Crippen molar-refractivity contribution in [2.75, 3.05) is 0 Å². The lowest BCUT2D eigenvalue weighted by molar-refractivity contribution is 0.673. The Bertz CT molecular complexity index is 3770. The number of benzene rings is 9. The zero-order valence-corrected chi connectivity index (χ0v) is 31.3. The highest BCUT2D eigenvalue weighted by atomic mass is 16.3. The molecule has 0 amide bonds. The molecule has 0 aliphatic carbocycles. The second kappa shape index (κ2) is 11.8. The molecular formula is C54H33N3O. The normalized spacial score (nSPS) is 12.1. The van der Waals surface area contributed by atoms with E-state index < -0.39 is 0 Å². The molecule has 0 saturated carbocycles. The molecule has 0 atom stereocenters. The molecule has 9 aromatic carbocycles. The Morgan fingerprint density at radius 1 is 0.293 bits per heavy atom. The smallest absolute Gasteiger partial charge is 0.145 e. The maximum atomic E-state index is 6.95. The van der Waals surface area contributed by atoms with Gasteiger partial charge in [0, 0.05) is 54.8 Å². The van der Waals surface area contributed by atoms with E-state index in [9.17, 15) is 0 Å². The molecule has 0 aliphatic rings. The van der Waals surface area contributed by atoms with Crippen molar-refractivity contribution < 1.29 is 4.42 Å². The molecule has 270 valence electrons. The lowest BCUT2D eigenvalue weighted by Crippen LogP contribution is -1.95. The van der Waals surface area contributed by atoms with Crippen LogP contribution in [-0.4, -0.2) is 13.7 Å². The van der Waals surface area contributed by atoms with Gasteiger partial charge in [0.2, 0.25) is 0 Å². The molecule has 4 heterocycles. The quantitative estimate of drug-likeness (QED) is 0.177. The number of para-hydroxylation sites is 5. The minimum absolute atomic E-state index is 0.882. The maximum Gasteiger partial charge on any atom is 0.145 e. The Balaban J connectivity index is 1.08. The number of hydrogen-bond donors (Lipinski definition) is 0. The van der Waals surface area contributed by atoms with Crippen molar-refractivity contribution in [3.8, 4) is 28.2 Å². The van der Waals surface area contributed by atoms with Crippen LogP contribution in [0.1, 0.15) is 0 Å². The Kier molecular flexibility index (Phi) is 6.41. The van der Waals surface area contributed by atoms with Crippen LogP contribution in [0.25, 0.3) is 116 Å². The van der Waals surface area contributed by atoms with Gasteiger partial charge in [-0.1, -0.05) is 109 Å². The van der Waals surface area contributed by atoms with Crippen molar-refractivity contribution in [2.45, 2.75) is 0 Å². The van der Waals surface area contributed by atoms with Crippen LogP contribution < -0.4 is 0 Å². The van der Waals surface area contributed by atoms with Crippen molar-refractivity contribution in [3.63, 3.8) is 0 Å². The zero-order chi connectivity index (χ0) is 37.9. The Labute approximate surface area is 332 Å². The molecule has 0 unspecified atom stereocenters. The van der Waals surface area contributed by atoms with Crippen LogP contribution in [0, 0.1) is 0 Å². The zero-order valence-electron chi connectivity index (χ0n) is 31.3. The van der Waals surface area contributed by atoms with Crippen molar-refractivity contribution in [1.29, 1.82) is 0 Å². The van der Waals surface area contributed by atoms with Gasteiger partial charge in [0.25, 0.3) is 0 Å². The Morgan fingerprint density at radius 3 is 1.50 bits per heavy atom. The van der Waals surface area contributed by atoms with Gasteiger partial charge in [-0.15, -0.1) is 0 Å². The van der Waals surface area contributed by atoms with Gasteiger partial charge in [0.15, 0.2) is 0 Å². The summed E-state index contributed by atoms with van der Waals surface area (Å²) in [5, 5.41) is 9.48. The van der Waals surface area contributed by atoms with Crippen LogP contribution in [0.2, 0.25) is 0 Å². The summed E-state index contributed by atoms with van der Waals surface area (Å²) in [4.78, 5) is 0. The summed E-state index contributed by atoms with van der Waals surface area (Å²) in [6.07, 6.45) is 0. The predicted octanol–water partition coefficient (Wildman–Crippen LogP) is 14.5. The van der Waals surface area contributed by atoms with Gasteiger partial charge in [-0.25, -0.2) is 0 Å². The maximum absolute atomic E-state index is 6.95. The molecule has 0 saturated heterocycles. The molecule has 4 heteroatoms. The topological polar surface area (TPSA) is 27.9 Å². The van der Waals surface area contributed by atoms with Crippen LogP contribution in [0.4, 0.5) is 0 Å². The van der Waals surface area contributed by atoms with Crippen molar-refractivity contribution >= 4 is 87.4 Å². The highest BCUT2D eigenvalue weighted by Gasteiger charge is 2.24. The second-order valence-corrected chi connectivity index (χ2v) is 15.3. The molecule has 13 aromatic rings. The van der Waals surface area contributed by atoms with Crippen LogP contribution in [0.3, 0.4) is 0 Å². The third-order valence-corrected chi connectivity index (χ3v) is 12.2. The first-order valence-electron chi connectivity index (χ1n) is 19.9. The third kappa shape index (κ3) is 4.29. The van der Waals surface area contributed by atoms with Crippen molar-refractivity contribution in [2.24, 2.45) is 0 Å². The summed E-state index contributed by atoms with van der Waals surface area (Å²) >= 11 is 0. The predicted molar refractivity (Wildman–Crippen MR) is 242 cm³/mol. The second-order valence-electron chi connectivity index (χ2n) is 15.3. The highest BCUT2D eigenvalue weighted by Crippen LogP contribution is 2.46. The van der Waals surface area contributed by atoms with E-state index in [0.29, 0.717) is 0 Å². The molecule has 0 fully saturated rings. The fourth-order valence-electron chi connectivity index (χ4n) is 9.76. The van der Waals surface area contributed by atoms with E-state index >= 15 is 0 Å². The standard InChI is InChI=1S/C54H33N3O/c1-4-14-36(15-5-1)55-46-23-13-11-21-42(46)51-47(55)30-28-43-52-48(57(53(43)51)38-18-8-3-9-19-38)29-27-41-44-32-34(25-31-50(44)58-54(41)52)35-24-26-40-39-20-10-12-22-45(39)56(49(40)33-35)37-16-6-2-7-17-37/h1-33H. The summed E-state index contributed by atoms with van der Waals surface area (Å²) in [7, 11) is 0. The number of rotatable bonds is 4. The van der Waals surface area contributed by atoms with E-state index in [2.05, 4.69) is 214 Å². The Morgan fingerprint density at radius 2 is 0.793 bits per heavy atom. The molecule has 13 rings (SSSR count). The largest absolute Gasteiger partial charge is 0.455 e. The van der Waals surface area contributed by atoms with Gasteiger partial charge in [-0.2, -0.15) is 0 Å². The van der Waals surface area contributed by atoms with Crippen molar-refractivity contribution in [3.05, 3.63) is 200 Å². The van der Waals surface area contributed by atoms with Crippen LogP contribution in [-0.2, 0) is 0 Å². The van der Waals surface area contributed by atoms with E-state index in [1.165, 1.54) is 60.1 Å². The average Bonchev–Trinajstić information content (AvgIpc) is 4.03. The van der Waals surface area contributed by atoms with E-state index in [-0.39, 0.29) is 0 Å². The number of fused-ring (bicyclic) bond motifs is 14. The minimum atomic E-state index is 0.882. The molecule has 0 bridgehead atoms.